The molecule has 0 spiro atoms. The maximum atomic E-state index is 13.1. The van der Waals surface area contributed by atoms with Gasteiger partial charge in [0.25, 0.3) is 0 Å². The van der Waals surface area contributed by atoms with Crippen LogP contribution in [0.2, 0.25) is 5.15 Å². The zero-order chi connectivity index (χ0) is 19.6. The Morgan fingerprint density at radius 3 is 2.37 bits per heavy atom. The highest BCUT2D eigenvalue weighted by Gasteiger charge is 2.25. The van der Waals surface area contributed by atoms with Crippen molar-refractivity contribution in [3.05, 3.63) is 76.3 Å². The summed E-state index contributed by atoms with van der Waals surface area (Å²) in [5.74, 6) is -0.919. The monoisotopic (exact) mass is 386 g/mol. The number of carboxylic acids is 1. The molecule has 27 heavy (non-hydrogen) atoms. The molecule has 0 unspecified atom stereocenters. The van der Waals surface area contributed by atoms with Gasteiger partial charge in [-0.1, -0.05) is 41.9 Å². The van der Waals surface area contributed by atoms with Crippen LogP contribution in [0.1, 0.15) is 27.4 Å². The molecule has 2 aromatic heterocycles. The first-order valence-electron chi connectivity index (χ1n) is 8.31. The summed E-state index contributed by atoms with van der Waals surface area (Å²) in [6, 6.07) is 14.4. The van der Waals surface area contributed by atoms with Crippen LogP contribution >= 0.6 is 11.6 Å². The van der Waals surface area contributed by atoms with Gasteiger partial charge in [0.05, 0.1) is 12.1 Å². The van der Waals surface area contributed by atoms with Gasteiger partial charge in [-0.25, -0.2) is 0 Å². The molecule has 7 heteroatoms. The molecule has 0 saturated carbocycles. The van der Waals surface area contributed by atoms with E-state index in [9.17, 15) is 9.59 Å². The molecule has 0 atom stereocenters. The number of hydrogen-bond donors (Lipinski definition) is 1. The molecule has 0 radical (unpaired) electrons. The van der Waals surface area contributed by atoms with Gasteiger partial charge in [0.15, 0.2) is 0 Å². The summed E-state index contributed by atoms with van der Waals surface area (Å²) >= 11 is 6.05. The highest BCUT2D eigenvalue weighted by Crippen LogP contribution is 2.28. The third-order valence-electron chi connectivity index (χ3n) is 4.38. The number of halogens is 1. The zero-order valence-corrected chi connectivity index (χ0v) is 15.7. The Balaban J connectivity index is 1.99. The first-order chi connectivity index (χ1) is 12.9. The molecular formula is C20H19ClN2O4. The second-order valence-corrected chi connectivity index (χ2v) is 6.57. The average Bonchev–Trinajstić information content (AvgIpc) is 3.13. The van der Waals surface area contributed by atoms with Crippen molar-refractivity contribution in [1.82, 2.24) is 9.13 Å². The minimum atomic E-state index is -0.980. The van der Waals surface area contributed by atoms with Gasteiger partial charge >= 0.3 is 5.97 Å². The number of aromatic nitrogens is 2. The number of ketones is 1. The Morgan fingerprint density at radius 2 is 1.78 bits per heavy atom. The van der Waals surface area contributed by atoms with Gasteiger partial charge < -0.3 is 19.0 Å². The second kappa shape index (κ2) is 7.72. The molecule has 6 nitrogen and oxygen atoms in total. The van der Waals surface area contributed by atoms with E-state index in [0.717, 1.165) is 5.56 Å². The summed E-state index contributed by atoms with van der Waals surface area (Å²) in [5, 5.41) is 9.58. The average molecular weight is 387 g/mol. The van der Waals surface area contributed by atoms with E-state index in [1.807, 2.05) is 30.3 Å². The molecule has 0 fully saturated rings. The molecular weight excluding hydrogens is 368 g/mol. The molecule has 1 N–H and O–H groups in total. The van der Waals surface area contributed by atoms with E-state index in [0.29, 0.717) is 28.0 Å². The molecule has 1 aromatic carbocycles. The number of benzene rings is 1. The Morgan fingerprint density at radius 1 is 1.07 bits per heavy atom. The van der Waals surface area contributed by atoms with Crippen LogP contribution in [0.3, 0.4) is 0 Å². The van der Waals surface area contributed by atoms with Crippen LogP contribution in [0.4, 0.5) is 0 Å². The minimum absolute atomic E-state index is 0.209. The molecule has 3 aromatic rings. The van der Waals surface area contributed by atoms with Crippen molar-refractivity contribution in [3.63, 3.8) is 0 Å². The normalized spacial score (nSPS) is 10.8. The van der Waals surface area contributed by atoms with Crippen LogP contribution in [0.15, 0.2) is 48.5 Å². The van der Waals surface area contributed by atoms with Crippen LogP contribution in [0, 0.1) is 0 Å². The van der Waals surface area contributed by atoms with Crippen molar-refractivity contribution in [1.29, 1.82) is 0 Å². The number of ether oxygens (including phenoxy) is 1. The van der Waals surface area contributed by atoms with E-state index >= 15 is 0 Å². The Kier molecular flexibility index (Phi) is 5.37. The lowest BCUT2D eigenvalue weighted by Gasteiger charge is -2.10. The number of carbonyl (C=O) groups excluding carboxylic acids is 1. The van der Waals surface area contributed by atoms with E-state index in [1.54, 1.807) is 41.4 Å². The standard InChI is InChI=1S/C20H19ClN2O4/c1-22-14(11-18(24)25)10-16(27-12-13-6-4-3-5-7-13)19(22)20(26)15-8-9-17(21)23(15)2/h3-10H,11-12H2,1-2H3,(H,24,25). The van der Waals surface area contributed by atoms with E-state index < -0.39 is 5.97 Å². The van der Waals surface area contributed by atoms with Crippen LogP contribution in [0.5, 0.6) is 5.75 Å². The van der Waals surface area contributed by atoms with Gasteiger partial charge in [0.1, 0.15) is 23.2 Å². The molecule has 0 aliphatic carbocycles. The number of hydrogen-bond acceptors (Lipinski definition) is 3. The molecule has 2 heterocycles. The van der Waals surface area contributed by atoms with E-state index in [2.05, 4.69) is 0 Å². The number of rotatable bonds is 7. The Hall–Kier alpha value is -2.99. The lowest BCUT2D eigenvalue weighted by molar-refractivity contribution is -0.136. The van der Waals surface area contributed by atoms with Gasteiger partial charge in [0.2, 0.25) is 5.78 Å². The lowest BCUT2D eigenvalue weighted by atomic mass is 10.2. The van der Waals surface area contributed by atoms with Crippen molar-refractivity contribution in [2.24, 2.45) is 14.1 Å². The zero-order valence-electron chi connectivity index (χ0n) is 15.0. The third-order valence-corrected chi connectivity index (χ3v) is 4.75. The molecule has 3 rings (SSSR count). The minimum Gasteiger partial charge on any atom is -0.486 e. The molecule has 0 saturated heterocycles. The summed E-state index contributed by atoms with van der Waals surface area (Å²) in [4.78, 5) is 24.3. The van der Waals surface area contributed by atoms with Crippen molar-refractivity contribution in [3.8, 4) is 5.75 Å². The largest absolute Gasteiger partial charge is 0.486 e. The quantitative estimate of drug-likeness (QED) is 0.631. The van der Waals surface area contributed by atoms with Gasteiger partial charge in [-0.3, -0.25) is 9.59 Å². The van der Waals surface area contributed by atoms with Crippen molar-refractivity contribution < 1.29 is 19.4 Å². The fourth-order valence-electron chi connectivity index (χ4n) is 2.90. The number of nitrogens with zero attached hydrogens (tertiary/aromatic N) is 2. The van der Waals surface area contributed by atoms with Crippen molar-refractivity contribution in [2.75, 3.05) is 0 Å². The first kappa shape index (κ1) is 18.8. The van der Waals surface area contributed by atoms with Crippen LogP contribution in [0.25, 0.3) is 0 Å². The van der Waals surface area contributed by atoms with E-state index in [4.69, 9.17) is 21.4 Å². The summed E-state index contributed by atoms with van der Waals surface area (Å²) in [6.45, 7) is 0.269. The van der Waals surface area contributed by atoms with E-state index in [1.165, 1.54) is 0 Å². The number of carboxylic acid groups (broad SMARTS) is 1. The van der Waals surface area contributed by atoms with Crippen molar-refractivity contribution in [2.45, 2.75) is 13.0 Å². The van der Waals surface area contributed by atoms with Gasteiger partial charge in [-0.2, -0.15) is 0 Å². The summed E-state index contributed by atoms with van der Waals surface area (Å²) in [7, 11) is 3.35. The summed E-state index contributed by atoms with van der Waals surface area (Å²) in [5.41, 5.74) is 2.11. The SMILES string of the molecule is Cn1c(Cl)ccc1C(=O)c1c(OCc2ccccc2)cc(CC(=O)O)n1C. The predicted molar refractivity (Wildman–Crippen MR) is 101 cm³/mol. The molecule has 0 aliphatic rings. The number of aliphatic carboxylic acids is 1. The topological polar surface area (TPSA) is 73.5 Å². The van der Waals surface area contributed by atoms with Crippen LogP contribution in [-0.4, -0.2) is 26.0 Å². The molecule has 140 valence electrons. The first-order valence-corrected chi connectivity index (χ1v) is 8.69. The number of carbonyl (C=O) groups is 2. The lowest BCUT2D eigenvalue weighted by Crippen LogP contribution is -2.15. The maximum Gasteiger partial charge on any atom is 0.309 e. The van der Waals surface area contributed by atoms with Gasteiger partial charge in [0, 0.05) is 25.9 Å². The van der Waals surface area contributed by atoms with Gasteiger partial charge in [-0.05, 0) is 17.7 Å². The second-order valence-electron chi connectivity index (χ2n) is 6.18. The molecule has 0 amide bonds. The smallest absolute Gasteiger partial charge is 0.309 e. The fraction of sp³-hybridized carbons (Fsp3) is 0.200. The summed E-state index contributed by atoms with van der Waals surface area (Å²) < 4.78 is 9.02. The van der Waals surface area contributed by atoms with Crippen LogP contribution in [-0.2, 0) is 31.9 Å². The van der Waals surface area contributed by atoms with E-state index in [-0.39, 0.29) is 18.8 Å². The Labute approximate surface area is 161 Å². The highest BCUT2D eigenvalue weighted by atomic mass is 35.5. The fourth-order valence-corrected chi connectivity index (χ4v) is 3.05. The molecule has 0 aliphatic heterocycles. The van der Waals surface area contributed by atoms with Crippen LogP contribution < -0.4 is 4.74 Å². The maximum absolute atomic E-state index is 13.1. The third kappa shape index (κ3) is 3.90. The van der Waals surface area contributed by atoms with Crippen molar-refractivity contribution >= 4 is 23.4 Å². The highest BCUT2D eigenvalue weighted by molar-refractivity contribution is 6.30. The Bertz CT molecular complexity index is 989. The van der Waals surface area contributed by atoms with Gasteiger partial charge in [-0.15, -0.1) is 0 Å². The summed E-state index contributed by atoms with van der Waals surface area (Å²) in [6.07, 6.45) is -0.209. The predicted octanol–water partition coefficient (Wildman–Crippen LogP) is 3.45. The molecule has 0 bridgehead atoms.